The van der Waals surface area contributed by atoms with E-state index < -0.39 is 0 Å². The third kappa shape index (κ3) is 3.56. The molecule has 2 aromatic carbocycles. The molecule has 0 amide bonds. The zero-order valence-corrected chi connectivity index (χ0v) is 17.1. The molecular weight excluding hydrogens is 468 g/mol. The van der Waals surface area contributed by atoms with E-state index in [4.69, 9.17) is 4.74 Å². The molecule has 0 saturated carbocycles. The Kier molecular flexibility index (Phi) is 5.42. The van der Waals surface area contributed by atoms with Crippen LogP contribution in [-0.2, 0) is 0 Å². The highest BCUT2D eigenvalue weighted by molar-refractivity contribution is 9.13. The average molecular weight is 480 g/mol. The summed E-state index contributed by atoms with van der Waals surface area (Å²) in [5.74, 6) is 0.370. The molecule has 4 nitrogen and oxygen atoms in total. The Labute approximate surface area is 165 Å². The van der Waals surface area contributed by atoms with Crippen LogP contribution in [0.1, 0.15) is 17.5 Å². The Morgan fingerprint density at radius 1 is 1.36 bits per heavy atom. The molecule has 1 aromatic heterocycles. The van der Waals surface area contributed by atoms with Crippen molar-refractivity contribution in [3.63, 3.8) is 0 Å². The van der Waals surface area contributed by atoms with Crippen LogP contribution < -0.4 is 4.74 Å². The smallest absolute Gasteiger partial charge is 0.173 e. The van der Waals surface area contributed by atoms with Crippen LogP contribution in [0.3, 0.4) is 0 Å². The lowest BCUT2D eigenvalue weighted by atomic mass is 10.1. The van der Waals surface area contributed by atoms with Crippen molar-refractivity contribution in [1.82, 2.24) is 4.98 Å². The fourth-order valence-electron chi connectivity index (χ4n) is 2.27. The number of hydrogen-bond donors (Lipinski definition) is 1. The number of nitrogens with zero attached hydrogens (tertiary/aromatic N) is 2. The second-order valence-corrected chi connectivity index (χ2v) is 7.65. The van der Waals surface area contributed by atoms with Crippen molar-refractivity contribution in [2.75, 3.05) is 6.61 Å². The first-order valence-corrected chi connectivity index (χ1v) is 9.77. The van der Waals surface area contributed by atoms with Crippen LogP contribution in [0, 0.1) is 11.3 Å². The molecule has 126 valence electrons. The van der Waals surface area contributed by atoms with E-state index in [-0.39, 0.29) is 5.75 Å². The van der Waals surface area contributed by atoms with Gasteiger partial charge >= 0.3 is 0 Å². The number of para-hydroxylation sites is 1. The first-order valence-electron chi connectivity index (χ1n) is 7.36. The topological polar surface area (TPSA) is 66.1 Å². The number of aromatic nitrogens is 1. The molecule has 7 heteroatoms. The van der Waals surface area contributed by atoms with Crippen LogP contribution in [0.2, 0.25) is 0 Å². The van der Waals surface area contributed by atoms with E-state index in [1.807, 2.05) is 31.2 Å². The molecule has 25 heavy (non-hydrogen) atoms. The summed E-state index contributed by atoms with van der Waals surface area (Å²) >= 11 is 8.26. The number of aromatic hydroxyl groups is 1. The highest BCUT2D eigenvalue weighted by atomic mass is 79.9. The van der Waals surface area contributed by atoms with Crippen molar-refractivity contribution in [3.05, 3.63) is 49.8 Å². The summed E-state index contributed by atoms with van der Waals surface area (Å²) in [6, 6.07) is 11.7. The van der Waals surface area contributed by atoms with Crippen LogP contribution in [0.4, 0.5) is 0 Å². The molecule has 1 N–H and O–H groups in total. The van der Waals surface area contributed by atoms with Crippen molar-refractivity contribution in [2.45, 2.75) is 6.92 Å². The second-order valence-electron chi connectivity index (χ2n) is 5.03. The molecule has 0 bridgehead atoms. The summed E-state index contributed by atoms with van der Waals surface area (Å²) in [6.45, 7) is 2.26. The Morgan fingerprint density at radius 2 is 2.12 bits per heavy atom. The lowest BCUT2D eigenvalue weighted by Gasteiger charge is -2.11. The monoisotopic (exact) mass is 478 g/mol. The molecule has 0 aliphatic heterocycles. The Balaban J connectivity index is 2.12. The van der Waals surface area contributed by atoms with Gasteiger partial charge in [-0.3, -0.25) is 0 Å². The van der Waals surface area contributed by atoms with Gasteiger partial charge in [-0.05, 0) is 68.6 Å². The van der Waals surface area contributed by atoms with Gasteiger partial charge in [-0.25, -0.2) is 4.98 Å². The number of nitriles is 1. The Morgan fingerprint density at radius 3 is 2.80 bits per heavy atom. The van der Waals surface area contributed by atoms with Crippen molar-refractivity contribution in [1.29, 1.82) is 5.26 Å². The van der Waals surface area contributed by atoms with E-state index in [9.17, 15) is 10.4 Å². The predicted molar refractivity (Wildman–Crippen MR) is 108 cm³/mol. The lowest BCUT2D eigenvalue weighted by molar-refractivity contribution is 0.317. The summed E-state index contributed by atoms with van der Waals surface area (Å²) in [5, 5.41) is 20.4. The zero-order valence-electron chi connectivity index (χ0n) is 13.1. The van der Waals surface area contributed by atoms with Crippen LogP contribution in [-0.4, -0.2) is 16.7 Å². The second kappa shape index (κ2) is 7.56. The molecule has 0 spiro atoms. The number of ether oxygens (including phenoxy) is 1. The minimum Gasteiger partial charge on any atom is -0.503 e. The van der Waals surface area contributed by atoms with Gasteiger partial charge in [0.1, 0.15) is 11.1 Å². The van der Waals surface area contributed by atoms with Crippen molar-refractivity contribution >= 4 is 65.1 Å². The predicted octanol–water partition coefficient (Wildman–Crippen LogP) is 5.99. The van der Waals surface area contributed by atoms with Gasteiger partial charge in [-0.1, -0.05) is 12.1 Å². The van der Waals surface area contributed by atoms with Crippen LogP contribution in [0.15, 0.2) is 39.3 Å². The van der Waals surface area contributed by atoms with E-state index in [1.54, 1.807) is 12.1 Å². The molecule has 0 atom stereocenters. The normalized spacial score (nSPS) is 11.5. The molecule has 3 aromatic rings. The molecule has 0 aliphatic carbocycles. The number of benzene rings is 2. The van der Waals surface area contributed by atoms with E-state index in [0.29, 0.717) is 37.4 Å². The average Bonchev–Trinajstić information content (AvgIpc) is 3.05. The lowest BCUT2D eigenvalue weighted by Crippen LogP contribution is -1.94. The van der Waals surface area contributed by atoms with Gasteiger partial charge < -0.3 is 9.84 Å². The van der Waals surface area contributed by atoms with Gasteiger partial charge in [0.15, 0.2) is 11.5 Å². The summed E-state index contributed by atoms with van der Waals surface area (Å²) in [4.78, 5) is 4.53. The maximum atomic E-state index is 10.1. The van der Waals surface area contributed by atoms with E-state index >= 15 is 0 Å². The standard InChI is InChI=1S/C18H12Br2N2O2S/c1-2-24-13-8-10(15(19)16(20)17(13)23)7-11(9-21)18-22-12-5-3-4-6-14(12)25-18/h3-8,23H,2H2,1H3/b11-7+. The quantitative estimate of drug-likeness (QED) is 0.466. The van der Waals surface area contributed by atoms with Crippen LogP contribution >= 0.6 is 43.2 Å². The third-order valence-corrected chi connectivity index (χ3v) is 6.65. The van der Waals surface area contributed by atoms with E-state index in [2.05, 4.69) is 42.9 Å². The van der Waals surface area contributed by atoms with Crippen LogP contribution in [0.5, 0.6) is 11.5 Å². The summed E-state index contributed by atoms with van der Waals surface area (Å²) in [5.41, 5.74) is 2.02. The van der Waals surface area contributed by atoms with Gasteiger partial charge in [0, 0.05) is 4.47 Å². The van der Waals surface area contributed by atoms with Gasteiger partial charge in [0.05, 0.1) is 26.9 Å². The summed E-state index contributed by atoms with van der Waals surface area (Å²) in [7, 11) is 0. The maximum absolute atomic E-state index is 10.1. The number of phenolic OH excluding ortho intramolecular Hbond substituents is 1. The number of rotatable bonds is 4. The fraction of sp³-hybridized carbons (Fsp3) is 0.111. The van der Waals surface area contributed by atoms with Gasteiger partial charge in [-0.2, -0.15) is 5.26 Å². The zero-order chi connectivity index (χ0) is 18.0. The molecule has 3 rings (SSSR count). The number of fused-ring (bicyclic) bond motifs is 1. The summed E-state index contributed by atoms with van der Waals surface area (Å²) in [6.07, 6.45) is 1.73. The number of phenols is 1. The van der Waals surface area contributed by atoms with Crippen molar-refractivity contribution in [3.8, 4) is 17.6 Å². The van der Waals surface area contributed by atoms with E-state index in [1.165, 1.54) is 11.3 Å². The third-order valence-electron chi connectivity index (χ3n) is 3.42. The number of thiazole rings is 1. The maximum Gasteiger partial charge on any atom is 0.173 e. The first kappa shape index (κ1) is 17.9. The Hall–Kier alpha value is -1.88. The van der Waals surface area contributed by atoms with Gasteiger partial charge in [0.25, 0.3) is 0 Å². The van der Waals surface area contributed by atoms with E-state index in [0.717, 1.165) is 10.2 Å². The molecule has 0 saturated heterocycles. The largest absolute Gasteiger partial charge is 0.503 e. The number of allylic oxidation sites excluding steroid dienone is 1. The first-order chi connectivity index (χ1) is 12.0. The molecule has 1 heterocycles. The minimum atomic E-state index is 0.0179. The molecule has 0 unspecified atom stereocenters. The van der Waals surface area contributed by atoms with Crippen molar-refractivity contribution < 1.29 is 9.84 Å². The summed E-state index contributed by atoms with van der Waals surface area (Å²) < 4.78 is 7.60. The fourth-order valence-corrected chi connectivity index (χ4v) is 4.04. The van der Waals surface area contributed by atoms with Gasteiger partial charge in [-0.15, -0.1) is 11.3 Å². The molecular formula is C18H12Br2N2O2S. The van der Waals surface area contributed by atoms with Crippen molar-refractivity contribution in [2.24, 2.45) is 0 Å². The van der Waals surface area contributed by atoms with Gasteiger partial charge in [0.2, 0.25) is 0 Å². The SMILES string of the molecule is CCOc1cc(/C=C(\C#N)c2nc3ccccc3s2)c(Br)c(Br)c1O. The highest BCUT2D eigenvalue weighted by Gasteiger charge is 2.16. The minimum absolute atomic E-state index is 0.0179. The van der Waals surface area contributed by atoms with Crippen LogP contribution in [0.25, 0.3) is 21.9 Å². The molecule has 0 aliphatic rings. The molecule has 0 fully saturated rings. The Bertz CT molecular complexity index is 989. The molecule has 0 radical (unpaired) electrons. The highest BCUT2D eigenvalue weighted by Crippen LogP contribution is 2.43. The number of halogens is 2. The number of hydrogen-bond acceptors (Lipinski definition) is 5.